The summed E-state index contributed by atoms with van der Waals surface area (Å²) in [5.41, 5.74) is 1.20. The Labute approximate surface area is 75.2 Å². The second-order valence-electron chi connectivity index (χ2n) is 2.85. The van der Waals surface area contributed by atoms with Crippen LogP contribution in [-0.4, -0.2) is 36.2 Å². The maximum absolute atomic E-state index is 8.74. The van der Waals surface area contributed by atoms with Gasteiger partial charge in [0.15, 0.2) is 0 Å². The molecule has 0 bridgehead atoms. The Kier molecular flexibility index (Phi) is 6.72. The molecule has 0 fully saturated rings. The lowest BCUT2D eigenvalue weighted by molar-refractivity contribution is 0.217. The predicted octanol–water partition coefficient (Wildman–Crippen LogP) is 1.43. The first kappa shape index (κ1) is 11.4. The SMILES string of the molecule is C=CCN(CCO)CC(=C)CC. The molecule has 0 aliphatic carbocycles. The monoisotopic (exact) mass is 169 g/mol. The van der Waals surface area contributed by atoms with Gasteiger partial charge in [0.2, 0.25) is 0 Å². The van der Waals surface area contributed by atoms with Crippen LogP contribution in [0.5, 0.6) is 0 Å². The molecule has 70 valence electrons. The summed E-state index contributed by atoms with van der Waals surface area (Å²) in [6.45, 7) is 12.3. The van der Waals surface area contributed by atoms with Crippen molar-refractivity contribution < 1.29 is 5.11 Å². The minimum absolute atomic E-state index is 0.199. The minimum atomic E-state index is 0.199. The molecule has 0 rings (SSSR count). The number of hydrogen-bond donors (Lipinski definition) is 1. The molecular weight excluding hydrogens is 150 g/mol. The molecule has 0 aromatic carbocycles. The Hall–Kier alpha value is -0.600. The van der Waals surface area contributed by atoms with Crippen LogP contribution in [0.3, 0.4) is 0 Å². The van der Waals surface area contributed by atoms with Crippen molar-refractivity contribution >= 4 is 0 Å². The van der Waals surface area contributed by atoms with Gasteiger partial charge in [-0.3, -0.25) is 4.90 Å². The molecule has 0 saturated heterocycles. The fourth-order valence-corrected chi connectivity index (χ4v) is 0.987. The fraction of sp³-hybridized carbons (Fsp3) is 0.600. The fourth-order valence-electron chi connectivity index (χ4n) is 0.987. The van der Waals surface area contributed by atoms with Gasteiger partial charge in [-0.05, 0) is 6.42 Å². The molecule has 0 spiro atoms. The molecule has 0 radical (unpaired) electrons. The first-order valence-corrected chi connectivity index (χ1v) is 4.35. The van der Waals surface area contributed by atoms with Crippen molar-refractivity contribution in [3.8, 4) is 0 Å². The summed E-state index contributed by atoms with van der Waals surface area (Å²) in [7, 11) is 0. The van der Waals surface area contributed by atoms with E-state index in [1.165, 1.54) is 5.57 Å². The summed E-state index contributed by atoms with van der Waals surface area (Å²) in [6, 6.07) is 0. The molecule has 0 heterocycles. The van der Waals surface area contributed by atoms with E-state index in [0.29, 0.717) is 6.54 Å². The Morgan fingerprint density at radius 2 is 2.25 bits per heavy atom. The van der Waals surface area contributed by atoms with Crippen LogP contribution < -0.4 is 0 Å². The average molecular weight is 169 g/mol. The largest absolute Gasteiger partial charge is 0.395 e. The van der Waals surface area contributed by atoms with Gasteiger partial charge in [0.1, 0.15) is 0 Å². The van der Waals surface area contributed by atoms with E-state index < -0.39 is 0 Å². The zero-order valence-corrected chi connectivity index (χ0v) is 7.92. The van der Waals surface area contributed by atoms with E-state index in [9.17, 15) is 0 Å². The van der Waals surface area contributed by atoms with Gasteiger partial charge in [-0.15, -0.1) is 6.58 Å². The first-order valence-electron chi connectivity index (χ1n) is 4.35. The van der Waals surface area contributed by atoms with Crippen molar-refractivity contribution in [2.45, 2.75) is 13.3 Å². The molecule has 2 heteroatoms. The van der Waals surface area contributed by atoms with Crippen molar-refractivity contribution in [2.75, 3.05) is 26.2 Å². The highest BCUT2D eigenvalue weighted by atomic mass is 16.3. The summed E-state index contributed by atoms with van der Waals surface area (Å²) >= 11 is 0. The highest BCUT2D eigenvalue weighted by Gasteiger charge is 2.02. The van der Waals surface area contributed by atoms with Crippen molar-refractivity contribution in [3.05, 3.63) is 24.8 Å². The lowest BCUT2D eigenvalue weighted by Gasteiger charge is -2.19. The van der Waals surface area contributed by atoms with Crippen LogP contribution in [-0.2, 0) is 0 Å². The summed E-state index contributed by atoms with van der Waals surface area (Å²) in [5, 5.41) is 8.74. The highest BCUT2D eigenvalue weighted by Crippen LogP contribution is 2.00. The molecule has 0 aliphatic rings. The molecule has 1 N–H and O–H groups in total. The Morgan fingerprint density at radius 1 is 1.58 bits per heavy atom. The molecule has 0 unspecified atom stereocenters. The molecule has 0 aromatic heterocycles. The molecule has 0 atom stereocenters. The molecule has 0 aromatic rings. The van der Waals surface area contributed by atoms with Gasteiger partial charge >= 0.3 is 0 Å². The number of aliphatic hydroxyl groups excluding tert-OH is 1. The zero-order chi connectivity index (χ0) is 9.40. The second kappa shape index (κ2) is 7.07. The zero-order valence-electron chi connectivity index (χ0n) is 7.92. The highest BCUT2D eigenvalue weighted by molar-refractivity contribution is 4.96. The van der Waals surface area contributed by atoms with Gasteiger partial charge in [-0.2, -0.15) is 0 Å². The van der Waals surface area contributed by atoms with E-state index in [1.54, 1.807) is 0 Å². The normalized spacial score (nSPS) is 10.2. The standard InChI is InChI=1S/C10H19NO/c1-4-6-11(7-8-12)9-10(3)5-2/h4,12H,1,3,5-9H2,2H3. The molecule has 0 amide bonds. The molecule has 0 saturated carbocycles. The Morgan fingerprint density at radius 3 is 2.67 bits per heavy atom. The van der Waals surface area contributed by atoms with Crippen molar-refractivity contribution in [2.24, 2.45) is 0 Å². The van der Waals surface area contributed by atoms with Crippen LogP contribution >= 0.6 is 0 Å². The van der Waals surface area contributed by atoms with Gasteiger partial charge in [-0.25, -0.2) is 0 Å². The minimum Gasteiger partial charge on any atom is -0.395 e. The van der Waals surface area contributed by atoms with E-state index in [0.717, 1.165) is 19.5 Å². The molecule has 0 aliphatic heterocycles. The number of rotatable bonds is 7. The third-order valence-electron chi connectivity index (χ3n) is 1.75. The Bertz CT molecular complexity index is 143. The van der Waals surface area contributed by atoms with Crippen molar-refractivity contribution in [1.82, 2.24) is 4.90 Å². The van der Waals surface area contributed by atoms with Crippen LogP contribution in [0, 0.1) is 0 Å². The smallest absolute Gasteiger partial charge is 0.0558 e. The topological polar surface area (TPSA) is 23.5 Å². The van der Waals surface area contributed by atoms with Crippen LogP contribution in [0.15, 0.2) is 24.8 Å². The summed E-state index contributed by atoms with van der Waals surface area (Å²) < 4.78 is 0. The molecule has 2 nitrogen and oxygen atoms in total. The first-order chi connectivity index (χ1) is 5.74. The van der Waals surface area contributed by atoms with E-state index in [2.05, 4.69) is 25.0 Å². The van der Waals surface area contributed by atoms with Crippen LogP contribution in [0.2, 0.25) is 0 Å². The quantitative estimate of drug-likeness (QED) is 0.583. The lowest BCUT2D eigenvalue weighted by atomic mass is 10.2. The van der Waals surface area contributed by atoms with Crippen LogP contribution in [0.25, 0.3) is 0 Å². The van der Waals surface area contributed by atoms with Crippen LogP contribution in [0.1, 0.15) is 13.3 Å². The average Bonchev–Trinajstić information content (AvgIpc) is 2.05. The van der Waals surface area contributed by atoms with Crippen molar-refractivity contribution in [3.63, 3.8) is 0 Å². The summed E-state index contributed by atoms with van der Waals surface area (Å²) in [6.07, 6.45) is 2.84. The Balaban J connectivity index is 3.76. The molecular formula is C10H19NO. The molecule has 12 heavy (non-hydrogen) atoms. The van der Waals surface area contributed by atoms with E-state index >= 15 is 0 Å². The van der Waals surface area contributed by atoms with Gasteiger partial charge in [0.25, 0.3) is 0 Å². The number of aliphatic hydroxyl groups is 1. The second-order valence-corrected chi connectivity index (χ2v) is 2.85. The lowest BCUT2D eigenvalue weighted by Crippen LogP contribution is -2.28. The maximum Gasteiger partial charge on any atom is 0.0558 e. The van der Waals surface area contributed by atoms with E-state index in [1.807, 2.05) is 6.08 Å². The number of nitrogens with zero attached hydrogens (tertiary/aromatic N) is 1. The summed E-state index contributed by atoms with van der Waals surface area (Å²) in [5.74, 6) is 0. The van der Waals surface area contributed by atoms with E-state index in [-0.39, 0.29) is 6.61 Å². The van der Waals surface area contributed by atoms with E-state index in [4.69, 9.17) is 5.11 Å². The van der Waals surface area contributed by atoms with Crippen LogP contribution in [0.4, 0.5) is 0 Å². The van der Waals surface area contributed by atoms with Gasteiger partial charge in [0, 0.05) is 19.6 Å². The van der Waals surface area contributed by atoms with Crippen molar-refractivity contribution in [1.29, 1.82) is 0 Å². The third-order valence-corrected chi connectivity index (χ3v) is 1.75. The van der Waals surface area contributed by atoms with Gasteiger partial charge in [-0.1, -0.05) is 25.2 Å². The third kappa shape index (κ3) is 5.10. The van der Waals surface area contributed by atoms with Gasteiger partial charge in [0.05, 0.1) is 6.61 Å². The van der Waals surface area contributed by atoms with Gasteiger partial charge < -0.3 is 5.11 Å². The number of hydrogen-bond acceptors (Lipinski definition) is 2. The summed E-state index contributed by atoms with van der Waals surface area (Å²) in [4.78, 5) is 2.12. The predicted molar refractivity (Wildman–Crippen MR) is 53.2 cm³/mol. The maximum atomic E-state index is 8.74.